The number of hydroxylamine groups is 6. The molecule has 0 amide bonds. The summed E-state index contributed by atoms with van der Waals surface area (Å²) in [5, 5.41) is 26.4. The average molecular weight is 290 g/mol. The van der Waals surface area contributed by atoms with E-state index in [9.17, 15) is 10.4 Å². The summed E-state index contributed by atoms with van der Waals surface area (Å²) in [4.78, 5) is 0. The van der Waals surface area contributed by atoms with Crippen LogP contribution in [-0.4, -0.2) is 63.8 Å². The molecule has 0 radical (unpaired) electrons. The molecule has 0 aliphatic heterocycles. The molecule has 1 aromatic rings. The van der Waals surface area contributed by atoms with E-state index < -0.39 is 0 Å². The quantitative estimate of drug-likeness (QED) is 0.539. The van der Waals surface area contributed by atoms with Gasteiger partial charge in [-0.15, -0.1) is 11.3 Å². The minimum Gasteiger partial charge on any atom is -0.633 e. The molecule has 7 heteroatoms. The number of quaternary nitrogens is 2. The average Bonchev–Trinajstić information content (AvgIpc) is 2.62. The fourth-order valence-electron chi connectivity index (χ4n) is 1.23. The van der Waals surface area contributed by atoms with Crippen LogP contribution in [0.1, 0.15) is 0 Å². The number of ether oxygens (including phenoxy) is 2. The maximum absolute atomic E-state index is 11.4. The van der Waals surface area contributed by atoms with Crippen molar-refractivity contribution in [3.05, 3.63) is 21.2 Å². The van der Waals surface area contributed by atoms with Gasteiger partial charge in [-0.1, -0.05) is 0 Å². The molecular formula is C12H22N2O4S. The summed E-state index contributed by atoms with van der Waals surface area (Å²) < 4.78 is 10.3. The molecule has 0 spiro atoms. The van der Waals surface area contributed by atoms with Crippen molar-refractivity contribution in [3.8, 4) is 11.5 Å². The van der Waals surface area contributed by atoms with Crippen LogP contribution in [0, 0.1) is 10.4 Å². The van der Waals surface area contributed by atoms with Gasteiger partial charge in [0, 0.05) is 10.8 Å². The van der Waals surface area contributed by atoms with Gasteiger partial charge in [-0.2, -0.15) is 0 Å². The summed E-state index contributed by atoms with van der Waals surface area (Å²) in [5.41, 5.74) is 0. The molecule has 0 atom stereocenters. The number of thiophene rings is 1. The molecule has 0 saturated heterocycles. The monoisotopic (exact) mass is 290 g/mol. The van der Waals surface area contributed by atoms with Crippen molar-refractivity contribution in [2.45, 2.75) is 0 Å². The molecule has 0 N–H and O–H groups in total. The summed E-state index contributed by atoms with van der Waals surface area (Å²) in [6.07, 6.45) is 0. The second kappa shape index (κ2) is 6.53. The number of rotatable bonds is 8. The lowest BCUT2D eigenvalue weighted by Gasteiger charge is -2.33. The van der Waals surface area contributed by atoms with Crippen LogP contribution in [-0.2, 0) is 0 Å². The van der Waals surface area contributed by atoms with E-state index in [1.165, 1.54) is 11.3 Å². The standard InChI is InChI=1S/C12H22N2O4S/c1-13(2,15)5-7-17-11-9-19-10-12(11)18-8-6-14(3,4)16/h9-10H,5-8H2,1-4H3. The molecule has 0 unspecified atom stereocenters. The lowest BCUT2D eigenvalue weighted by atomic mass is 10.5. The van der Waals surface area contributed by atoms with Gasteiger partial charge >= 0.3 is 0 Å². The number of likely N-dealkylation sites (N-methyl/N-ethyl adjacent to an activating group) is 2. The Hall–Kier alpha value is -0.860. The Bertz CT molecular complexity index is 347. The Labute approximate surface area is 118 Å². The third kappa shape index (κ3) is 7.34. The van der Waals surface area contributed by atoms with Gasteiger partial charge in [-0.3, -0.25) is 0 Å². The van der Waals surface area contributed by atoms with Gasteiger partial charge in [0.2, 0.25) is 0 Å². The molecule has 0 aromatic carbocycles. The normalized spacial score (nSPS) is 12.5. The first-order valence-corrected chi connectivity index (χ1v) is 7.01. The van der Waals surface area contributed by atoms with Crippen LogP contribution in [0.2, 0.25) is 0 Å². The van der Waals surface area contributed by atoms with Crippen molar-refractivity contribution in [3.63, 3.8) is 0 Å². The molecular weight excluding hydrogens is 268 g/mol. The molecule has 1 heterocycles. The number of hydrogen-bond donors (Lipinski definition) is 0. The second-order valence-corrected chi connectivity index (χ2v) is 6.14. The van der Waals surface area contributed by atoms with E-state index in [4.69, 9.17) is 9.47 Å². The Morgan fingerprint density at radius 1 is 0.895 bits per heavy atom. The van der Waals surface area contributed by atoms with Crippen molar-refractivity contribution in [2.24, 2.45) is 0 Å². The summed E-state index contributed by atoms with van der Waals surface area (Å²) >= 11 is 1.47. The molecule has 0 aliphatic carbocycles. The Balaban J connectivity index is 2.38. The fourth-order valence-corrected chi connectivity index (χ4v) is 1.92. The lowest BCUT2D eigenvalue weighted by molar-refractivity contribution is -0.840. The molecule has 0 fully saturated rings. The van der Waals surface area contributed by atoms with Crippen molar-refractivity contribution in [1.82, 2.24) is 0 Å². The molecule has 19 heavy (non-hydrogen) atoms. The van der Waals surface area contributed by atoms with Crippen LogP contribution < -0.4 is 9.47 Å². The van der Waals surface area contributed by atoms with Crippen LogP contribution in [0.5, 0.6) is 11.5 Å². The zero-order valence-electron chi connectivity index (χ0n) is 11.9. The zero-order chi connectivity index (χ0) is 14.5. The van der Waals surface area contributed by atoms with Crippen LogP contribution in [0.4, 0.5) is 0 Å². The van der Waals surface area contributed by atoms with E-state index >= 15 is 0 Å². The molecule has 6 nitrogen and oxygen atoms in total. The first-order valence-electron chi connectivity index (χ1n) is 6.07. The molecule has 0 bridgehead atoms. The van der Waals surface area contributed by atoms with Crippen LogP contribution in [0.25, 0.3) is 0 Å². The largest absolute Gasteiger partial charge is 0.633 e. The highest BCUT2D eigenvalue weighted by Gasteiger charge is 2.10. The van der Waals surface area contributed by atoms with Gasteiger partial charge in [0.1, 0.15) is 26.3 Å². The van der Waals surface area contributed by atoms with Crippen molar-refractivity contribution >= 4 is 11.3 Å². The smallest absolute Gasteiger partial charge is 0.172 e. The van der Waals surface area contributed by atoms with Crippen LogP contribution >= 0.6 is 11.3 Å². The van der Waals surface area contributed by atoms with Gasteiger partial charge in [0.05, 0.1) is 28.2 Å². The molecule has 0 aliphatic rings. The summed E-state index contributed by atoms with van der Waals surface area (Å²) in [7, 11) is 6.29. The van der Waals surface area contributed by atoms with Crippen LogP contribution in [0.3, 0.4) is 0 Å². The predicted octanol–water partition coefficient (Wildman–Crippen LogP) is 1.65. The third-order valence-electron chi connectivity index (χ3n) is 2.37. The zero-order valence-corrected chi connectivity index (χ0v) is 12.7. The third-order valence-corrected chi connectivity index (χ3v) is 3.07. The minimum absolute atomic E-state index is 0.340. The molecule has 0 saturated carbocycles. The van der Waals surface area contributed by atoms with E-state index in [1.54, 1.807) is 28.2 Å². The predicted molar refractivity (Wildman–Crippen MR) is 76.0 cm³/mol. The van der Waals surface area contributed by atoms with Gasteiger partial charge in [0.25, 0.3) is 0 Å². The van der Waals surface area contributed by atoms with Gasteiger partial charge < -0.3 is 29.2 Å². The Morgan fingerprint density at radius 3 is 1.58 bits per heavy atom. The Kier molecular flexibility index (Phi) is 5.57. The second-order valence-electron chi connectivity index (χ2n) is 5.39. The highest BCUT2D eigenvalue weighted by Crippen LogP contribution is 2.31. The van der Waals surface area contributed by atoms with E-state index in [0.717, 1.165) is 0 Å². The van der Waals surface area contributed by atoms with Crippen molar-refractivity contribution < 1.29 is 18.8 Å². The van der Waals surface area contributed by atoms with Crippen molar-refractivity contribution in [1.29, 1.82) is 0 Å². The minimum atomic E-state index is -0.387. The van der Waals surface area contributed by atoms with E-state index in [2.05, 4.69) is 0 Å². The Morgan fingerprint density at radius 2 is 1.26 bits per heavy atom. The van der Waals surface area contributed by atoms with Gasteiger partial charge in [-0.05, 0) is 0 Å². The molecule has 1 rings (SSSR count). The van der Waals surface area contributed by atoms with E-state index in [-0.39, 0.29) is 9.29 Å². The summed E-state index contributed by atoms with van der Waals surface area (Å²) in [6.45, 7) is 1.43. The highest BCUT2D eigenvalue weighted by molar-refractivity contribution is 7.08. The molecule has 1 aromatic heterocycles. The SMILES string of the molecule is C[N+](C)([O-])CCOc1cscc1OCC[N+](C)(C)[O-]. The maximum atomic E-state index is 11.4. The van der Waals surface area contributed by atoms with Gasteiger partial charge in [-0.25, -0.2) is 0 Å². The van der Waals surface area contributed by atoms with Crippen LogP contribution in [0.15, 0.2) is 10.8 Å². The van der Waals surface area contributed by atoms with E-state index in [1.807, 2.05) is 10.8 Å². The fraction of sp³-hybridized carbons (Fsp3) is 0.667. The maximum Gasteiger partial charge on any atom is 0.172 e. The van der Waals surface area contributed by atoms with Crippen molar-refractivity contribution in [2.75, 3.05) is 54.5 Å². The first kappa shape index (κ1) is 16.2. The highest BCUT2D eigenvalue weighted by atomic mass is 32.1. The summed E-state index contributed by atoms with van der Waals surface area (Å²) in [5.74, 6) is 1.27. The first-order chi connectivity index (χ1) is 8.67. The van der Waals surface area contributed by atoms with Gasteiger partial charge in [0.15, 0.2) is 11.5 Å². The molecule has 110 valence electrons. The number of nitrogens with zero attached hydrogens (tertiary/aromatic N) is 2. The summed E-state index contributed by atoms with van der Waals surface area (Å²) in [6, 6.07) is 0. The van der Waals surface area contributed by atoms with E-state index in [0.29, 0.717) is 37.8 Å². The topological polar surface area (TPSA) is 64.6 Å². The lowest BCUT2D eigenvalue weighted by Crippen LogP contribution is -2.36. The number of hydrogen-bond acceptors (Lipinski definition) is 5.